The zero-order valence-electron chi connectivity index (χ0n) is 6.35. The zero-order chi connectivity index (χ0) is 11.4. The molecule has 0 radical (unpaired) electrons. The van der Waals surface area contributed by atoms with Crippen LogP contribution in [0.3, 0.4) is 0 Å². The van der Waals surface area contributed by atoms with E-state index in [1.807, 2.05) is 0 Å². The first kappa shape index (κ1) is 11.6. The molecule has 0 aliphatic carbocycles. The molecule has 0 aromatic carbocycles. The summed E-state index contributed by atoms with van der Waals surface area (Å²) in [5, 5.41) is 0. The van der Waals surface area contributed by atoms with Crippen molar-refractivity contribution in [3.63, 3.8) is 0 Å². The van der Waals surface area contributed by atoms with Gasteiger partial charge < -0.3 is 0 Å². The number of hydrogen-bond donors (Lipinski definition) is 0. The van der Waals surface area contributed by atoms with Gasteiger partial charge in [0.2, 0.25) is 0 Å². The van der Waals surface area contributed by atoms with Crippen LogP contribution in [0, 0.1) is 5.92 Å². The van der Waals surface area contributed by atoms with Crippen LogP contribution in [0.2, 0.25) is 0 Å². The summed E-state index contributed by atoms with van der Waals surface area (Å²) in [6.45, 7) is 0. The lowest BCUT2D eigenvalue weighted by Crippen LogP contribution is -2.40. The zero-order valence-corrected chi connectivity index (χ0v) is 7.17. The van der Waals surface area contributed by atoms with E-state index < -0.39 is 39.1 Å². The number of sulfone groups is 1. The maximum absolute atomic E-state index is 12.5. The molecule has 0 amide bonds. The minimum Gasteiger partial charge on any atom is -0.226 e. The van der Waals surface area contributed by atoms with Crippen molar-refractivity contribution in [2.24, 2.45) is 5.92 Å². The molecular formula is C5H4F6O2S. The standard InChI is InChI=1S/C5H4F6O2S/c6-3-4(7,8)2(5(9,10)11)1-14(3,12)13/h2-3H,1H2. The van der Waals surface area contributed by atoms with E-state index in [2.05, 4.69) is 0 Å². The normalized spacial score (nSPS) is 35.9. The fourth-order valence-corrected chi connectivity index (χ4v) is 2.83. The van der Waals surface area contributed by atoms with Crippen molar-refractivity contribution < 1.29 is 34.8 Å². The molecule has 0 bridgehead atoms. The Kier molecular flexibility index (Phi) is 2.29. The van der Waals surface area contributed by atoms with E-state index in [0.29, 0.717) is 0 Å². The van der Waals surface area contributed by atoms with Gasteiger partial charge in [0.25, 0.3) is 5.50 Å². The summed E-state index contributed by atoms with van der Waals surface area (Å²) in [7, 11) is -5.00. The molecule has 1 rings (SSSR count). The van der Waals surface area contributed by atoms with Gasteiger partial charge in [0.15, 0.2) is 9.84 Å². The van der Waals surface area contributed by atoms with Gasteiger partial charge in [0.05, 0.1) is 5.75 Å². The van der Waals surface area contributed by atoms with E-state index in [9.17, 15) is 34.8 Å². The highest BCUT2D eigenvalue weighted by Crippen LogP contribution is 2.48. The van der Waals surface area contributed by atoms with Gasteiger partial charge in [0, 0.05) is 0 Å². The van der Waals surface area contributed by atoms with Crippen LogP contribution in [0.4, 0.5) is 26.3 Å². The molecule has 2 unspecified atom stereocenters. The molecule has 1 aliphatic rings. The lowest BCUT2D eigenvalue weighted by Gasteiger charge is -2.20. The van der Waals surface area contributed by atoms with Gasteiger partial charge in [-0.2, -0.15) is 13.2 Å². The van der Waals surface area contributed by atoms with Crippen LogP contribution < -0.4 is 0 Å². The SMILES string of the molecule is O=S1(=O)CC(C(F)(F)F)C(F)(F)C1F. The second kappa shape index (κ2) is 2.77. The molecule has 0 aromatic rings. The minimum atomic E-state index is -5.42. The maximum atomic E-state index is 12.5. The third-order valence-corrected chi connectivity index (χ3v) is 3.62. The molecule has 1 fully saturated rings. The molecule has 0 spiro atoms. The highest BCUT2D eigenvalue weighted by molar-refractivity contribution is 7.92. The predicted octanol–water partition coefficient (Wildman–Crippen LogP) is 1.52. The molecule has 1 aliphatic heterocycles. The van der Waals surface area contributed by atoms with Crippen molar-refractivity contribution in [3.8, 4) is 0 Å². The summed E-state index contributed by atoms with van der Waals surface area (Å²) >= 11 is 0. The van der Waals surface area contributed by atoms with Crippen molar-refractivity contribution in [2.75, 3.05) is 5.75 Å². The molecule has 0 saturated carbocycles. The highest BCUT2D eigenvalue weighted by Gasteiger charge is 2.70. The molecule has 0 aromatic heterocycles. The summed E-state index contributed by atoms with van der Waals surface area (Å²) in [6, 6.07) is 0. The molecule has 2 nitrogen and oxygen atoms in total. The molecule has 84 valence electrons. The van der Waals surface area contributed by atoms with Crippen LogP contribution in [-0.4, -0.2) is 31.8 Å². The van der Waals surface area contributed by atoms with Gasteiger partial charge >= 0.3 is 12.1 Å². The van der Waals surface area contributed by atoms with E-state index in [1.54, 1.807) is 0 Å². The number of hydrogen-bond acceptors (Lipinski definition) is 2. The summed E-state index contributed by atoms with van der Waals surface area (Å²) in [5.41, 5.74) is -3.76. The molecule has 14 heavy (non-hydrogen) atoms. The van der Waals surface area contributed by atoms with Crippen LogP contribution in [0.1, 0.15) is 0 Å². The average Bonchev–Trinajstić information content (AvgIpc) is 2.10. The van der Waals surface area contributed by atoms with Crippen molar-refractivity contribution in [2.45, 2.75) is 17.6 Å². The van der Waals surface area contributed by atoms with Crippen LogP contribution in [0.25, 0.3) is 0 Å². The van der Waals surface area contributed by atoms with Crippen molar-refractivity contribution in [1.82, 2.24) is 0 Å². The Morgan fingerprint density at radius 1 is 1.21 bits per heavy atom. The quantitative estimate of drug-likeness (QED) is 0.603. The second-order valence-electron chi connectivity index (χ2n) is 2.91. The van der Waals surface area contributed by atoms with E-state index in [-0.39, 0.29) is 0 Å². The smallest absolute Gasteiger partial charge is 0.226 e. The van der Waals surface area contributed by atoms with E-state index in [4.69, 9.17) is 0 Å². The Bertz CT molecular complexity index is 331. The Balaban J connectivity index is 3.17. The lowest BCUT2D eigenvalue weighted by molar-refractivity contribution is -0.234. The van der Waals surface area contributed by atoms with Gasteiger partial charge in [-0.25, -0.2) is 21.6 Å². The Labute approximate surface area is 74.8 Å². The Morgan fingerprint density at radius 3 is 1.79 bits per heavy atom. The third-order valence-electron chi connectivity index (χ3n) is 1.88. The monoisotopic (exact) mass is 242 g/mol. The topological polar surface area (TPSA) is 34.1 Å². The predicted molar refractivity (Wildman–Crippen MR) is 33.2 cm³/mol. The first-order valence-electron chi connectivity index (χ1n) is 3.30. The fourth-order valence-electron chi connectivity index (χ4n) is 1.14. The lowest BCUT2D eigenvalue weighted by atomic mass is 10.1. The van der Waals surface area contributed by atoms with E-state index in [0.717, 1.165) is 0 Å². The minimum absolute atomic E-state index is 1.90. The van der Waals surface area contributed by atoms with Gasteiger partial charge in [-0.3, -0.25) is 0 Å². The molecule has 1 saturated heterocycles. The molecule has 9 heteroatoms. The van der Waals surface area contributed by atoms with Crippen LogP contribution in [-0.2, 0) is 9.84 Å². The third kappa shape index (κ3) is 1.57. The van der Waals surface area contributed by atoms with Gasteiger partial charge in [-0.1, -0.05) is 0 Å². The van der Waals surface area contributed by atoms with Crippen molar-refractivity contribution >= 4 is 9.84 Å². The molecule has 0 N–H and O–H groups in total. The second-order valence-corrected chi connectivity index (χ2v) is 4.99. The van der Waals surface area contributed by atoms with Gasteiger partial charge in [-0.15, -0.1) is 0 Å². The van der Waals surface area contributed by atoms with Crippen molar-refractivity contribution in [3.05, 3.63) is 0 Å². The van der Waals surface area contributed by atoms with Gasteiger partial charge in [-0.05, 0) is 0 Å². The molecule has 2 atom stereocenters. The van der Waals surface area contributed by atoms with Gasteiger partial charge in [0.1, 0.15) is 5.92 Å². The summed E-state index contributed by atoms with van der Waals surface area (Å²) in [5.74, 6) is -10.2. The summed E-state index contributed by atoms with van der Waals surface area (Å²) in [4.78, 5) is 0. The van der Waals surface area contributed by atoms with Crippen LogP contribution in [0.5, 0.6) is 0 Å². The number of alkyl halides is 6. The molecule has 1 heterocycles. The summed E-state index contributed by atoms with van der Waals surface area (Å²) in [6.07, 6.45) is -5.42. The number of rotatable bonds is 0. The largest absolute Gasteiger partial charge is 0.398 e. The van der Waals surface area contributed by atoms with Crippen LogP contribution >= 0.6 is 0 Å². The fraction of sp³-hybridized carbons (Fsp3) is 1.00. The summed E-state index contributed by atoms with van der Waals surface area (Å²) < 4.78 is 94.0. The van der Waals surface area contributed by atoms with E-state index >= 15 is 0 Å². The van der Waals surface area contributed by atoms with E-state index in [1.165, 1.54) is 0 Å². The highest BCUT2D eigenvalue weighted by atomic mass is 32.2. The van der Waals surface area contributed by atoms with Crippen LogP contribution in [0.15, 0.2) is 0 Å². The Morgan fingerprint density at radius 2 is 1.64 bits per heavy atom. The maximum Gasteiger partial charge on any atom is 0.398 e. The average molecular weight is 242 g/mol. The first-order chi connectivity index (χ1) is 5.99. The molecular weight excluding hydrogens is 238 g/mol. The first-order valence-corrected chi connectivity index (χ1v) is 5.01. The van der Waals surface area contributed by atoms with Crippen molar-refractivity contribution in [1.29, 1.82) is 0 Å². The number of halogens is 6. The Hall–Kier alpha value is -0.470.